The Morgan fingerprint density at radius 3 is 2.57 bits per heavy atom. The van der Waals surface area contributed by atoms with Gasteiger partial charge in [-0.1, -0.05) is 0 Å². The molecule has 0 unspecified atom stereocenters. The van der Waals surface area contributed by atoms with Crippen molar-refractivity contribution in [3.8, 4) is 21.1 Å². The zero-order valence-corrected chi connectivity index (χ0v) is 13.2. The molecule has 2 N–H and O–H groups in total. The Morgan fingerprint density at radius 1 is 1.19 bits per heavy atom. The fourth-order valence-electron chi connectivity index (χ4n) is 2.16. The summed E-state index contributed by atoms with van der Waals surface area (Å²) >= 11 is 3.09. The van der Waals surface area contributed by atoms with Gasteiger partial charge in [-0.15, -0.1) is 22.7 Å². The van der Waals surface area contributed by atoms with Gasteiger partial charge in [0.1, 0.15) is 10.0 Å². The number of carbonyl (C=O) groups excluding carboxylic acids is 1. The van der Waals surface area contributed by atoms with Crippen LogP contribution in [0.5, 0.6) is 0 Å². The van der Waals surface area contributed by atoms with Gasteiger partial charge >= 0.3 is 0 Å². The summed E-state index contributed by atoms with van der Waals surface area (Å²) in [4.78, 5) is 20.5. The van der Waals surface area contributed by atoms with Crippen LogP contribution in [0, 0.1) is 13.8 Å². The van der Waals surface area contributed by atoms with Crippen molar-refractivity contribution in [1.82, 2.24) is 9.97 Å². The largest absolute Gasteiger partial charge is 0.366 e. The second kappa shape index (κ2) is 5.38. The predicted molar refractivity (Wildman–Crippen MR) is 86.6 cm³/mol. The number of hydrogen-bond donors (Lipinski definition) is 1. The molecule has 0 saturated heterocycles. The van der Waals surface area contributed by atoms with E-state index in [0.717, 1.165) is 32.4 Å². The SMILES string of the molecule is Cc1csc(-c2cc(-c3nccs3)cc(C(N)=O)c2C)n1. The first-order chi connectivity index (χ1) is 10.1. The van der Waals surface area contributed by atoms with Crippen LogP contribution >= 0.6 is 22.7 Å². The second-order valence-electron chi connectivity index (χ2n) is 4.69. The first-order valence-corrected chi connectivity index (χ1v) is 8.09. The molecule has 0 fully saturated rings. The fourth-order valence-corrected chi connectivity index (χ4v) is 3.66. The van der Waals surface area contributed by atoms with Crippen LogP contribution in [0.4, 0.5) is 0 Å². The van der Waals surface area contributed by atoms with E-state index in [1.165, 1.54) is 11.3 Å². The number of benzene rings is 1. The molecule has 6 heteroatoms. The highest BCUT2D eigenvalue weighted by atomic mass is 32.1. The minimum absolute atomic E-state index is 0.430. The van der Waals surface area contributed by atoms with Crippen LogP contribution in [0.2, 0.25) is 0 Å². The molecule has 0 atom stereocenters. The van der Waals surface area contributed by atoms with Crippen LogP contribution in [0.3, 0.4) is 0 Å². The van der Waals surface area contributed by atoms with Crippen molar-refractivity contribution < 1.29 is 4.79 Å². The summed E-state index contributed by atoms with van der Waals surface area (Å²) in [6.07, 6.45) is 1.75. The van der Waals surface area contributed by atoms with Gasteiger partial charge in [0.25, 0.3) is 0 Å². The molecule has 1 aromatic carbocycles. The number of hydrogen-bond acceptors (Lipinski definition) is 5. The molecule has 106 valence electrons. The van der Waals surface area contributed by atoms with E-state index < -0.39 is 5.91 Å². The maximum atomic E-state index is 11.7. The number of aromatic nitrogens is 2. The van der Waals surface area contributed by atoms with Crippen molar-refractivity contribution in [2.45, 2.75) is 13.8 Å². The molecule has 0 radical (unpaired) electrons. The number of nitrogens with two attached hydrogens (primary N) is 1. The molecule has 1 amide bonds. The smallest absolute Gasteiger partial charge is 0.249 e. The lowest BCUT2D eigenvalue weighted by Crippen LogP contribution is -2.13. The van der Waals surface area contributed by atoms with Crippen molar-refractivity contribution in [1.29, 1.82) is 0 Å². The Bertz CT molecular complexity index is 806. The Hall–Kier alpha value is -2.05. The van der Waals surface area contributed by atoms with Gasteiger partial charge in [0, 0.05) is 39.3 Å². The zero-order valence-electron chi connectivity index (χ0n) is 11.6. The third-order valence-electron chi connectivity index (χ3n) is 3.20. The van der Waals surface area contributed by atoms with E-state index in [1.54, 1.807) is 23.6 Å². The average Bonchev–Trinajstić information content (AvgIpc) is 3.10. The number of carbonyl (C=O) groups is 1. The number of amides is 1. The van der Waals surface area contributed by atoms with Crippen LogP contribution in [0.15, 0.2) is 29.1 Å². The molecule has 3 rings (SSSR count). The standard InChI is InChI=1S/C15H13N3OS2/c1-8-7-21-15(18-8)12-6-10(14-17-3-4-20-14)5-11(9(12)2)13(16)19/h3-7H,1-2H3,(H2,16,19). The first kappa shape index (κ1) is 13.9. The number of rotatable bonds is 3. The van der Waals surface area contributed by atoms with Crippen molar-refractivity contribution >= 4 is 28.6 Å². The lowest BCUT2D eigenvalue weighted by molar-refractivity contribution is 0.1000. The Labute approximate surface area is 130 Å². The first-order valence-electron chi connectivity index (χ1n) is 6.33. The molecule has 2 heterocycles. The van der Waals surface area contributed by atoms with E-state index in [2.05, 4.69) is 9.97 Å². The normalized spacial score (nSPS) is 10.8. The van der Waals surface area contributed by atoms with E-state index in [4.69, 9.17) is 5.73 Å². The van der Waals surface area contributed by atoms with Gasteiger partial charge in [0.15, 0.2) is 0 Å². The van der Waals surface area contributed by atoms with E-state index in [9.17, 15) is 4.79 Å². The summed E-state index contributed by atoms with van der Waals surface area (Å²) in [7, 11) is 0. The predicted octanol–water partition coefficient (Wildman–Crippen LogP) is 3.65. The van der Waals surface area contributed by atoms with E-state index in [0.29, 0.717) is 5.56 Å². The Morgan fingerprint density at radius 2 is 2.00 bits per heavy atom. The van der Waals surface area contributed by atoms with Crippen LogP contribution in [-0.4, -0.2) is 15.9 Å². The molecule has 3 aromatic rings. The van der Waals surface area contributed by atoms with Crippen molar-refractivity contribution in [3.63, 3.8) is 0 Å². The van der Waals surface area contributed by atoms with Gasteiger partial charge in [-0.3, -0.25) is 4.79 Å². The van der Waals surface area contributed by atoms with Gasteiger partial charge in [0.05, 0.1) is 0 Å². The molecule has 0 saturated carbocycles. The fraction of sp³-hybridized carbons (Fsp3) is 0.133. The van der Waals surface area contributed by atoms with Gasteiger partial charge in [-0.2, -0.15) is 0 Å². The van der Waals surface area contributed by atoms with E-state index >= 15 is 0 Å². The highest BCUT2D eigenvalue weighted by Gasteiger charge is 2.16. The molecule has 4 nitrogen and oxygen atoms in total. The van der Waals surface area contributed by atoms with Crippen LogP contribution in [0.1, 0.15) is 21.6 Å². The molecular formula is C15H13N3OS2. The quantitative estimate of drug-likeness (QED) is 0.802. The summed E-state index contributed by atoms with van der Waals surface area (Å²) in [5, 5.41) is 5.67. The van der Waals surface area contributed by atoms with Crippen LogP contribution in [-0.2, 0) is 0 Å². The number of thiazole rings is 2. The molecule has 0 spiro atoms. The Kier molecular flexibility index (Phi) is 3.57. The van der Waals surface area contributed by atoms with Gasteiger partial charge in [-0.05, 0) is 31.5 Å². The highest BCUT2D eigenvalue weighted by Crippen LogP contribution is 2.34. The van der Waals surface area contributed by atoms with Crippen LogP contribution < -0.4 is 5.73 Å². The summed E-state index contributed by atoms with van der Waals surface area (Å²) < 4.78 is 0. The van der Waals surface area contributed by atoms with Crippen molar-refractivity contribution in [2.75, 3.05) is 0 Å². The monoisotopic (exact) mass is 315 g/mol. The average molecular weight is 315 g/mol. The van der Waals surface area contributed by atoms with Gasteiger partial charge in [-0.25, -0.2) is 9.97 Å². The van der Waals surface area contributed by atoms with Crippen LogP contribution in [0.25, 0.3) is 21.1 Å². The molecule has 2 aromatic heterocycles. The molecule has 0 aliphatic rings. The minimum atomic E-state index is -0.430. The van der Waals surface area contributed by atoms with E-state index in [1.807, 2.05) is 30.7 Å². The zero-order chi connectivity index (χ0) is 15.0. The Balaban J connectivity index is 2.25. The minimum Gasteiger partial charge on any atom is -0.366 e. The molecular weight excluding hydrogens is 302 g/mol. The number of primary amides is 1. The maximum absolute atomic E-state index is 11.7. The molecule has 0 bridgehead atoms. The summed E-state index contributed by atoms with van der Waals surface area (Å²) in [6, 6.07) is 3.83. The summed E-state index contributed by atoms with van der Waals surface area (Å²) in [5.74, 6) is -0.430. The molecule has 0 aliphatic heterocycles. The topological polar surface area (TPSA) is 68.9 Å². The second-order valence-corrected chi connectivity index (χ2v) is 6.44. The maximum Gasteiger partial charge on any atom is 0.249 e. The third kappa shape index (κ3) is 2.59. The summed E-state index contributed by atoms with van der Waals surface area (Å²) in [5.41, 5.74) is 9.70. The number of aryl methyl sites for hydroxylation is 1. The van der Waals surface area contributed by atoms with Gasteiger partial charge < -0.3 is 5.73 Å². The van der Waals surface area contributed by atoms with E-state index in [-0.39, 0.29) is 0 Å². The lowest BCUT2D eigenvalue weighted by Gasteiger charge is -2.10. The molecule has 21 heavy (non-hydrogen) atoms. The lowest BCUT2D eigenvalue weighted by atomic mass is 9.98. The van der Waals surface area contributed by atoms with Crippen molar-refractivity contribution in [2.24, 2.45) is 5.73 Å². The van der Waals surface area contributed by atoms with Gasteiger partial charge in [0.2, 0.25) is 5.91 Å². The third-order valence-corrected chi connectivity index (χ3v) is 5.02. The number of nitrogens with zero attached hydrogens (tertiary/aromatic N) is 2. The summed E-state index contributed by atoms with van der Waals surface area (Å²) in [6.45, 7) is 3.85. The highest BCUT2D eigenvalue weighted by molar-refractivity contribution is 7.13. The van der Waals surface area contributed by atoms with Crippen molar-refractivity contribution in [3.05, 3.63) is 45.9 Å². The molecule has 0 aliphatic carbocycles.